The smallest absolute Gasteiger partial charge is 0.390 e. The van der Waals surface area contributed by atoms with Crippen molar-refractivity contribution in [2.75, 3.05) is 25.1 Å². The van der Waals surface area contributed by atoms with Crippen molar-refractivity contribution in [3.05, 3.63) is 18.3 Å². The van der Waals surface area contributed by atoms with E-state index < -0.39 is 0 Å². The van der Waals surface area contributed by atoms with E-state index in [1.807, 2.05) is 32.2 Å². The molecule has 72 valence electrons. The SMILES string of the molecule is CC.CN1CCOc2[nH+]cccc21. The van der Waals surface area contributed by atoms with Crippen molar-refractivity contribution < 1.29 is 9.72 Å². The number of anilines is 1. The van der Waals surface area contributed by atoms with Crippen LogP contribution in [-0.4, -0.2) is 20.2 Å². The van der Waals surface area contributed by atoms with Crippen LogP contribution in [0.15, 0.2) is 18.3 Å². The third-order valence-electron chi connectivity index (χ3n) is 1.88. The van der Waals surface area contributed by atoms with Crippen LogP contribution in [0.25, 0.3) is 0 Å². The Morgan fingerprint density at radius 3 is 2.92 bits per heavy atom. The molecular weight excluding hydrogens is 164 g/mol. The summed E-state index contributed by atoms with van der Waals surface area (Å²) in [6.07, 6.45) is 1.87. The van der Waals surface area contributed by atoms with Crippen LogP contribution in [0.2, 0.25) is 0 Å². The predicted octanol–water partition coefficient (Wildman–Crippen LogP) is 1.36. The number of fused-ring (bicyclic) bond motifs is 1. The van der Waals surface area contributed by atoms with Crippen LogP contribution in [0.3, 0.4) is 0 Å². The second-order valence-electron chi connectivity index (χ2n) is 2.65. The molecule has 0 aromatic carbocycles. The Balaban J connectivity index is 0.000000396. The van der Waals surface area contributed by atoms with Crippen LogP contribution in [-0.2, 0) is 0 Å². The molecule has 0 fully saturated rings. The van der Waals surface area contributed by atoms with E-state index in [0.717, 1.165) is 24.7 Å². The van der Waals surface area contributed by atoms with Gasteiger partial charge >= 0.3 is 5.88 Å². The highest BCUT2D eigenvalue weighted by atomic mass is 16.5. The summed E-state index contributed by atoms with van der Waals surface area (Å²) in [6.45, 7) is 5.73. The lowest BCUT2D eigenvalue weighted by Crippen LogP contribution is -2.31. The number of likely N-dealkylation sites (N-methyl/N-ethyl adjacent to an activating group) is 1. The molecule has 2 heterocycles. The quantitative estimate of drug-likeness (QED) is 0.604. The van der Waals surface area contributed by atoms with E-state index in [9.17, 15) is 0 Å². The highest BCUT2D eigenvalue weighted by molar-refractivity contribution is 5.52. The fourth-order valence-corrected chi connectivity index (χ4v) is 1.23. The van der Waals surface area contributed by atoms with Crippen molar-refractivity contribution in [3.63, 3.8) is 0 Å². The minimum Gasteiger partial charge on any atom is -0.441 e. The lowest BCUT2D eigenvalue weighted by Gasteiger charge is -2.22. The van der Waals surface area contributed by atoms with Crippen molar-refractivity contribution in [1.29, 1.82) is 0 Å². The Labute approximate surface area is 79.3 Å². The van der Waals surface area contributed by atoms with Gasteiger partial charge in [-0.2, -0.15) is 4.98 Å². The van der Waals surface area contributed by atoms with Gasteiger partial charge in [0.05, 0.1) is 6.54 Å². The molecule has 13 heavy (non-hydrogen) atoms. The molecule has 1 aliphatic rings. The Morgan fingerprint density at radius 2 is 2.23 bits per heavy atom. The highest BCUT2D eigenvalue weighted by Gasteiger charge is 2.19. The predicted molar refractivity (Wildman–Crippen MR) is 53.1 cm³/mol. The third-order valence-corrected chi connectivity index (χ3v) is 1.88. The lowest BCUT2D eigenvalue weighted by atomic mass is 10.3. The first-order chi connectivity index (χ1) is 6.38. The van der Waals surface area contributed by atoms with E-state index in [0.29, 0.717) is 0 Å². The molecule has 0 saturated carbocycles. The van der Waals surface area contributed by atoms with Gasteiger partial charge in [0.15, 0.2) is 11.9 Å². The number of ether oxygens (including phenoxy) is 1. The van der Waals surface area contributed by atoms with E-state index in [4.69, 9.17) is 4.74 Å². The van der Waals surface area contributed by atoms with Gasteiger partial charge in [-0.1, -0.05) is 13.8 Å². The molecule has 0 bridgehead atoms. The molecule has 1 aliphatic heterocycles. The fraction of sp³-hybridized carbons (Fsp3) is 0.500. The van der Waals surface area contributed by atoms with Gasteiger partial charge in [-0.05, 0) is 6.07 Å². The number of aromatic amines is 1. The van der Waals surface area contributed by atoms with Gasteiger partial charge in [0.2, 0.25) is 0 Å². The van der Waals surface area contributed by atoms with Crippen molar-refractivity contribution in [2.24, 2.45) is 0 Å². The zero-order valence-corrected chi connectivity index (χ0v) is 8.50. The molecule has 3 heteroatoms. The van der Waals surface area contributed by atoms with Crippen molar-refractivity contribution in [3.8, 4) is 5.88 Å². The summed E-state index contributed by atoms with van der Waals surface area (Å²) < 4.78 is 5.40. The van der Waals surface area contributed by atoms with E-state index in [2.05, 4.69) is 16.9 Å². The van der Waals surface area contributed by atoms with Crippen LogP contribution in [0, 0.1) is 0 Å². The third kappa shape index (κ3) is 2.11. The standard InChI is InChI=1S/C8H10N2O.C2H6/c1-10-5-6-11-8-7(10)3-2-4-9-8;1-2/h2-4H,5-6H2,1H3;1-2H3/p+1. The molecule has 0 amide bonds. The number of H-pyrrole nitrogens is 1. The van der Waals surface area contributed by atoms with Gasteiger partial charge in [0.1, 0.15) is 6.61 Å². The van der Waals surface area contributed by atoms with Gasteiger partial charge in [-0.25, -0.2) is 0 Å². The Bertz CT molecular complexity index is 263. The summed E-state index contributed by atoms with van der Waals surface area (Å²) in [5.41, 5.74) is 1.14. The van der Waals surface area contributed by atoms with E-state index in [-0.39, 0.29) is 0 Å². The van der Waals surface area contributed by atoms with Gasteiger partial charge in [0, 0.05) is 13.1 Å². The first kappa shape index (κ1) is 9.84. The normalized spacial score (nSPS) is 13.6. The molecule has 1 aromatic heterocycles. The number of hydrogen-bond acceptors (Lipinski definition) is 2. The molecule has 0 aliphatic carbocycles. The molecule has 0 atom stereocenters. The van der Waals surface area contributed by atoms with E-state index in [1.54, 1.807) is 0 Å². The minimum absolute atomic E-state index is 0.768. The highest BCUT2D eigenvalue weighted by Crippen LogP contribution is 2.23. The average Bonchev–Trinajstić information content (AvgIpc) is 2.22. The second-order valence-corrected chi connectivity index (χ2v) is 2.65. The fourth-order valence-electron chi connectivity index (χ4n) is 1.23. The number of aromatic nitrogens is 1. The molecule has 3 nitrogen and oxygen atoms in total. The summed E-state index contributed by atoms with van der Waals surface area (Å²) in [7, 11) is 2.06. The summed E-state index contributed by atoms with van der Waals surface area (Å²) in [4.78, 5) is 5.23. The van der Waals surface area contributed by atoms with Crippen molar-refractivity contribution in [1.82, 2.24) is 0 Å². The summed E-state index contributed by atoms with van der Waals surface area (Å²) in [5, 5.41) is 0. The maximum absolute atomic E-state index is 5.40. The number of nitrogens with zero attached hydrogens (tertiary/aromatic N) is 1. The minimum atomic E-state index is 0.768. The number of nitrogens with one attached hydrogen (secondary N) is 1. The Kier molecular flexibility index (Phi) is 3.55. The monoisotopic (exact) mass is 181 g/mol. The number of pyridine rings is 1. The van der Waals surface area contributed by atoms with Crippen molar-refractivity contribution >= 4 is 5.69 Å². The molecule has 1 N–H and O–H groups in total. The number of hydrogen-bond donors (Lipinski definition) is 0. The van der Waals surface area contributed by atoms with Crippen LogP contribution >= 0.6 is 0 Å². The van der Waals surface area contributed by atoms with Crippen LogP contribution in [0.5, 0.6) is 5.88 Å². The Morgan fingerprint density at radius 1 is 1.46 bits per heavy atom. The molecular formula is C10H17N2O+. The van der Waals surface area contributed by atoms with Gasteiger partial charge < -0.3 is 9.64 Å². The first-order valence-corrected chi connectivity index (χ1v) is 4.72. The van der Waals surface area contributed by atoms with Crippen LogP contribution in [0.4, 0.5) is 5.69 Å². The topological polar surface area (TPSA) is 26.6 Å². The van der Waals surface area contributed by atoms with E-state index in [1.165, 1.54) is 0 Å². The van der Waals surface area contributed by atoms with Gasteiger partial charge in [-0.3, -0.25) is 0 Å². The lowest BCUT2D eigenvalue weighted by molar-refractivity contribution is -0.394. The number of rotatable bonds is 0. The average molecular weight is 181 g/mol. The molecule has 0 saturated heterocycles. The van der Waals surface area contributed by atoms with Crippen LogP contribution < -0.4 is 14.6 Å². The zero-order chi connectivity index (χ0) is 9.68. The van der Waals surface area contributed by atoms with Gasteiger partial charge in [-0.15, -0.1) is 0 Å². The van der Waals surface area contributed by atoms with Crippen molar-refractivity contribution in [2.45, 2.75) is 13.8 Å². The Hall–Kier alpha value is -1.25. The maximum Gasteiger partial charge on any atom is 0.390 e. The zero-order valence-electron chi connectivity index (χ0n) is 8.50. The van der Waals surface area contributed by atoms with Crippen LogP contribution in [0.1, 0.15) is 13.8 Å². The molecule has 1 aromatic rings. The molecule has 0 unspecified atom stereocenters. The summed E-state index contributed by atoms with van der Waals surface area (Å²) in [6, 6.07) is 4.02. The second kappa shape index (κ2) is 4.70. The van der Waals surface area contributed by atoms with Gasteiger partial charge in [0.25, 0.3) is 0 Å². The maximum atomic E-state index is 5.40. The molecule has 0 spiro atoms. The first-order valence-electron chi connectivity index (χ1n) is 4.72. The molecule has 2 rings (SSSR count). The molecule has 0 radical (unpaired) electrons. The largest absolute Gasteiger partial charge is 0.441 e. The van der Waals surface area contributed by atoms with E-state index >= 15 is 0 Å². The summed E-state index contributed by atoms with van der Waals surface area (Å²) >= 11 is 0. The summed E-state index contributed by atoms with van der Waals surface area (Å²) in [5.74, 6) is 0.876.